The highest BCUT2D eigenvalue weighted by atomic mass is 32.1. The maximum atomic E-state index is 5.48. The number of rotatable bonds is 4. The number of aromatic nitrogens is 2. The normalized spacial score (nSPS) is 12.1. The van der Waals surface area contributed by atoms with Crippen LogP contribution in [0.15, 0.2) is 164 Å². The van der Waals surface area contributed by atoms with E-state index in [2.05, 4.69) is 157 Å². The van der Waals surface area contributed by atoms with Gasteiger partial charge in [-0.2, -0.15) is 0 Å². The van der Waals surface area contributed by atoms with Crippen molar-refractivity contribution in [3.05, 3.63) is 164 Å². The maximum Gasteiger partial charge on any atom is 0.138 e. The van der Waals surface area contributed by atoms with E-state index >= 15 is 0 Å². The molecule has 3 nitrogen and oxygen atoms in total. The van der Waals surface area contributed by atoms with Crippen LogP contribution in [0.3, 0.4) is 0 Å². The summed E-state index contributed by atoms with van der Waals surface area (Å²) >= 11 is 1.85. The number of fused-ring (bicyclic) bond motifs is 6. The van der Waals surface area contributed by atoms with Gasteiger partial charge in [0.15, 0.2) is 0 Å². The summed E-state index contributed by atoms with van der Waals surface area (Å²) in [4.78, 5) is 12.7. The van der Waals surface area contributed by atoms with Crippen LogP contribution in [0.2, 0.25) is 0 Å². The van der Waals surface area contributed by atoms with Crippen LogP contribution in [-0.2, 0) is 0 Å². The molecule has 0 saturated carbocycles. The molecule has 4 heteroatoms. The van der Waals surface area contributed by atoms with Crippen molar-refractivity contribution in [2.24, 2.45) is 0 Å². The van der Waals surface area contributed by atoms with Crippen LogP contribution in [0.4, 0.5) is 17.2 Å². The standard InChI is InChI=1S/C44H27N3S/c1-3-12-28(13-4-1)30-26-37(29-14-5-2-6-15-29)46-41(27-30)47-38-19-11-17-32-31(36-18-9-10-25-45-36)21-22-33(42(32)38)34-23-24-40-43(44(34)47)35-16-7-8-20-39(35)48-40/h1-27H. The van der Waals surface area contributed by atoms with E-state index in [1.807, 2.05) is 23.6 Å². The van der Waals surface area contributed by atoms with Gasteiger partial charge in [0.1, 0.15) is 5.82 Å². The number of benzene rings is 6. The molecule has 3 aromatic heterocycles. The first kappa shape index (κ1) is 27.1. The minimum atomic E-state index is 0.889. The Labute approximate surface area is 282 Å². The Bertz CT molecular complexity index is 2610. The third-order valence-corrected chi connectivity index (χ3v) is 10.6. The first-order valence-electron chi connectivity index (χ1n) is 16.2. The molecule has 0 unspecified atom stereocenters. The van der Waals surface area contributed by atoms with E-state index in [1.165, 1.54) is 47.8 Å². The highest BCUT2D eigenvalue weighted by molar-refractivity contribution is 7.26. The maximum absolute atomic E-state index is 5.48. The summed E-state index contributed by atoms with van der Waals surface area (Å²) in [5.41, 5.74) is 11.1. The van der Waals surface area contributed by atoms with Gasteiger partial charge in [0.2, 0.25) is 0 Å². The van der Waals surface area contributed by atoms with Crippen LogP contribution in [0.5, 0.6) is 0 Å². The smallest absolute Gasteiger partial charge is 0.138 e. The SMILES string of the molecule is c1ccc(-c2cc(-c3ccccc3)nc(N3c4cccc5c(-c6ccccn6)ccc(c45)-c4ccc5sc6ccccc6c5c43)c2)cc1. The van der Waals surface area contributed by atoms with Crippen LogP contribution in [0, 0.1) is 0 Å². The first-order chi connectivity index (χ1) is 23.8. The monoisotopic (exact) mass is 629 g/mol. The molecule has 0 N–H and O–H groups in total. The summed E-state index contributed by atoms with van der Waals surface area (Å²) in [7, 11) is 0. The van der Waals surface area contributed by atoms with E-state index in [-0.39, 0.29) is 0 Å². The summed E-state index contributed by atoms with van der Waals surface area (Å²) in [5, 5.41) is 4.91. The molecule has 0 atom stereocenters. The van der Waals surface area contributed by atoms with Crippen LogP contribution < -0.4 is 4.90 Å². The molecule has 0 saturated heterocycles. The van der Waals surface area contributed by atoms with E-state index < -0.39 is 0 Å². The van der Waals surface area contributed by atoms with Gasteiger partial charge in [-0.1, -0.05) is 115 Å². The average Bonchev–Trinajstić information content (AvgIpc) is 3.55. The molecular weight excluding hydrogens is 603 g/mol. The summed E-state index contributed by atoms with van der Waals surface area (Å²) in [5.74, 6) is 0.889. The zero-order chi connectivity index (χ0) is 31.6. The van der Waals surface area contributed by atoms with E-state index in [4.69, 9.17) is 9.97 Å². The molecule has 10 rings (SSSR count). The molecule has 0 spiro atoms. The van der Waals surface area contributed by atoms with Crippen molar-refractivity contribution in [1.29, 1.82) is 0 Å². The van der Waals surface area contributed by atoms with Crippen molar-refractivity contribution in [2.75, 3.05) is 4.90 Å². The zero-order valence-electron chi connectivity index (χ0n) is 25.8. The van der Waals surface area contributed by atoms with Crippen LogP contribution >= 0.6 is 11.3 Å². The number of pyridine rings is 2. The second-order valence-corrected chi connectivity index (χ2v) is 13.3. The number of nitrogens with zero attached hydrogens (tertiary/aromatic N) is 3. The Hall–Kier alpha value is -6.10. The second kappa shape index (κ2) is 10.7. The minimum Gasteiger partial charge on any atom is -0.293 e. The Morgan fingerprint density at radius 2 is 1.19 bits per heavy atom. The van der Waals surface area contributed by atoms with Crippen molar-refractivity contribution >= 4 is 59.5 Å². The fourth-order valence-electron chi connectivity index (χ4n) is 7.33. The van der Waals surface area contributed by atoms with Crippen molar-refractivity contribution in [2.45, 2.75) is 0 Å². The number of hydrogen-bond donors (Lipinski definition) is 0. The van der Waals surface area contributed by atoms with E-state index in [0.29, 0.717) is 0 Å². The summed E-state index contributed by atoms with van der Waals surface area (Å²) in [6.07, 6.45) is 1.87. The van der Waals surface area contributed by atoms with Gasteiger partial charge in [-0.15, -0.1) is 11.3 Å². The minimum absolute atomic E-state index is 0.889. The third kappa shape index (κ3) is 4.13. The van der Waals surface area contributed by atoms with Crippen LogP contribution in [-0.4, -0.2) is 9.97 Å². The fourth-order valence-corrected chi connectivity index (χ4v) is 8.44. The van der Waals surface area contributed by atoms with Gasteiger partial charge in [-0.25, -0.2) is 4.98 Å². The highest BCUT2D eigenvalue weighted by Crippen LogP contribution is 2.56. The predicted molar refractivity (Wildman–Crippen MR) is 202 cm³/mol. The van der Waals surface area contributed by atoms with Crippen molar-refractivity contribution < 1.29 is 0 Å². The molecule has 48 heavy (non-hydrogen) atoms. The van der Waals surface area contributed by atoms with Crippen molar-refractivity contribution in [3.8, 4) is 44.8 Å². The quantitative estimate of drug-likeness (QED) is 0.194. The second-order valence-electron chi connectivity index (χ2n) is 12.2. The van der Waals surface area contributed by atoms with Gasteiger partial charge in [0, 0.05) is 48.4 Å². The Morgan fingerprint density at radius 3 is 2.02 bits per heavy atom. The molecule has 6 aromatic carbocycles. The lowest BCUT2D eigenvalue weighted by Crippen LogP contribution is -2.17. The van der Waals surface area contributed by atoms with Gasteiger partial charge in [-0.05, 0) is 64.5 Å². The molecule has 4 heterocycles. The van der Waals surface area contributed by atoms with Gasteiger partial charge in [-0.3, -0.25) is 9.88 Å². The third-order valence-electron chi connectivity index (χ3n) is 9.45. The van der Waals surface area contributed by atoms with E-state index in [1.54, 1.807) is 0 Å². The van der Waals surface area contributed by atoms with E-state index in [0.717, 1.165) is 45.1 Å². The number of thiophene rings is 1. The van der Waals surface area contributed by atoms with Crippen LogP contribution in [0.25, 0.3) is 75.7 Å². The predicted octanol–water partition coefficient (Wildman–Crippen LogP) is 12.4. The van der Waals surface area contributed by atoms with Gasteiger partial charge >= 0.3 is 0 Å². The first-order valence-corrected chi connectivity index (χ1v) is 17.0. The lowest BCUT2D eigenvalue weighted by Gasteiger charge is -2.34. The van der Waals surface area contributed by atoms with Gasteiger partial charge < -0.3 is 0 Å². The fraction of sp³-hybridized carbons (Fsp3) is 0. The molecule has 0 radical (unpaired) electrons. The van der Waals surface area contributed by atoms with Crippen molar-refractivity contribution in [1.82, 2.24) is 9.97 Å². The Morgan fingerprint density at radius 1 is 0.458 bits per heavy atom. The molecular formula is C44H27N3S. The summed E-state index contributed by atoms with van der Waals surface area (Å²) < 4.78 is 2.55. The molecule has 0 amide bonds. The van der Waals surface area contributed by atoms with Gasteiger partial charge in [0.05, 0.1) is 22.8 Å². The summed E-state index contributed by atoms with van der Waals surface area (Å²) in [6.45, 7) is 0. The molecule has 224 valence electrons. The molecule has 0 aliphatic carbocycles. The molecule has 1 aliphatic heterocycles. The number of anilines is 3. The molecule has 0 fully saturated rings. The topological polar surface area (TPSA) is 29.0 Å². The average molecular weight is 630 g/mol. The zero-order valence-corrected chi connectivity index (χ0v) is 26.7. The lowest BCUT2D eigenvalue weighted by molar-refractivity contribution is 1.19. The lowest BCUT2D eigenvalue weighted by atomic mass is 9.87. The Kier molecular flexibility index (Phi) is 6.05. The molecule has 0 bridgehead atoms. The number of hydrogen-bond acceptors (Lipinski definition) is 4. The largest absolute Gasteiger partial charge is 0.293 e. The van der Waals surface area contributed by atoms with E-state index in [9.17, 15) is 0 Å². The molecule has 1 aliphatic rings. The van der Waals surface area contributed by atoms with Gasteiger partial charge in [0.25, 0.3) is 0 Å². The highest BCUT2D eigenvalue weighted by Gasteiger charge is 2.31. The Balaban J connectivity index is 1.35. The summed E-state index contributed by atoms with van der Waals surface area (Å²) in [6, 6.07) is 56.3. The molecule has 9 aromatic rings. The van der Waals surface area contributed by atoms with Crippen molar-refractivity contribution in [3.63, 3.8) is 0 Å². The van der Waals surface area contributed by atoms with Crippen LogP contribution in [0.1, 0.15) is 0 Å².